The minimum atomic E-state index is 0.383. The van der Waals surface area contributed by atoms with E-state index >= 15 is 0 Å². The molecule has 0 aromatic heterocycles. The van der Waals surface area contributed by atoms with Gasteiger partial charge in [0.05, 0.1) is 0 Å². The van der Waals surface area contributed by atoms with Gasteiger partial charge in [0, 0.05) is 16.2 Å². The number of hydrogen-bond acceptors (Lipinski definition) is 1. The first-order valence-corrected chi connectivity index (χ1v) is 8.20. The lowest BCUT2D eigenvalue weighted by Gasteiger charge is -2.41. The van der Waals surface area contributed by atoms with Crippen molar-refractivity contribution in [1.29, 1.82) is 0 Å². The molecule has 1 fully saturated rings. The predicted octanol–water partition coefficient (Wildman–Crippen LogP) is 5.77. The van der Waals surface area contributed by atoms with Crippen molar-refractivity contribution >= 4 is 21.6 Å². The van der Waals surface area contributed by atoms with Gasteiger partial charge >= 0.3 is 0 Å². The summed E-state index contributed by atoms with van der Waals surface area (Å²) in [5.74, 6) is 0.758. The molecule has 0 bridgehead atoms. The first-order valence-electron chi connectivity index (χ1n) is 7.40. The van der Waals surface area contributed by atoms with Crippen LogP contribution in [0.1, 0.15) is 52.0 Å². The van der Waals surface area contributed by atoms with Gasteiger partial charge < -0.3 is 5.32 Å². The maximum atomic E-state index is 3.80. The quantitative estimate of drug-likeness (QED) is 0.728. The zero-order valence-corrected chi connectivity index (χ0v) is 14.2. The number of anilines is 1. The molecule has 1 aromatic carbocycles. The normalized spacial score (nSPS) is 24.3. The van der Waals surface area contributed by atoms with Crippen LogP contribution >= 0.6 is 15.9 Å². The Kier molecular flexibility index (Phi) is 4.60. The molecule has 0 spiro atoms. The summed E-state index contributed by atoms with van der Waals surface area (Å²) in [6.07, 6.45) is 5.38. The average molecular weight is 324 g/mol. The molecule has 0 amide bonds. The number of hydrogen-bond donors (Lipinski definition) is 1. The van der Waals surface area contributed by atoms with Crippen molar-refractivity contribution in [2.24, 2.45) is 11.3 Å². The third-order valence-electron chi connectivity index (χ3n) is 4.34. The summed E-state index contributed by atoms with van der Waals surface area (Å²) >= 11 is 3.67. The molecule has 2 rings (SSSR count). The van der Waals surface area contributed by atoms with Gasteiger partial charge in [-0.2, -0.15) is 0 Å². The average Bonchev–Trinajstić information content (AvgIpc) is 2.33. The minimum Gasteiger partial charge on any atom is -0.381 e. The molecule has 0 radical (unpaired) electrons. The zero-order chi connectivity index (χ0) is 14.0. The molecular formula is C17H26BrN. The van der Waals surface area contributed by atoms with Gasteiger partial charge in [-0.3, -0.25) is 0 Å². The van der Waals surface area contributed by atoms with Gasteiger partial charge in [0.25, 0.3) is 0 Å². The van der Waals surface area contributed by atoms with Crippen LogP contribution in [0.15, 0.2) is 22.7 Å². The van der Waals surface area contributed by atoms with Gasteiger partial charge in [0.15, 0.2) is 0 Å². The maximum Gasteiger partial charge on any atom is 0.0489 e. The highest BCUT2D eigenvalue weighted by atomic mass is 79.9. The van der Waals surface area contributed by atoms with Crippen molar-refractivity contribution in [3.05, 3.63) is 28.2 Å². The molecule has 0 aliphatic heterocycles. The lowest BCUT2D eigenvalue weighted by molar-refractivity contribution is 0.163. The topological polar surface area (TPSA) is 12.0 Å². The summed E-state index contributed by atoms with van der Waals surface area (Å²) in [6.45, 7) is 9.29. The maximum absolute atomic E-state index is 3.80. The molecule has 1 nitrogen and oxygen atoms in total. The molecule has 1 aliphatic carbocycles. The number of rotatable bonds is 2. The fraction of sp³-hybridized carbons (Fsp3) is 0.647. The van der Waals surface area contributed by atoms with E-state index in [1.807, 2.05) is 0 Å². The van der Waals surface area contributed by atoms with Crippen LogP contribution in [-0.4, -0.2) is 6.04 Å². The first kappa shape index (κ1) is 14.9. The van der Waals surface area contributed by atoms with Crippen molar-refractivity contribution in [3.8, 4) is 0 Å². The molecule has 2 heteroatoms. The van der Waals surface area contributed by atoms with E-state index in [1.54, 1.807) is 0 Å². The van der Waals surface area contributed by atoms with Crippen molar-refractivity contribution in [2.45, 2.75) is 59.4 Å². The summed E-state index contributed by atoms with van der Waals surface area (Å²) in [6, 6.07) is 7.15. The molecule has 0 heterocycles. The van der Waals surface area contributed by atoms with Gasteiger partial charge in [-0.15, -0.1) is 0 Å². The molecule has 1 N–H and O–H groups in total. The molecule has 1 aromatic rings. The van der Waals surface area contributed by atoms with Gasteiger partial charge in [-0.05, 0) is 64.7 Å². The largest absolute Gasteiger partial charge is 0.381 e. The Hall–Kier alpha value is -0.500. The summed E-state index contributed by atoms with van der Waals surface area (Å²) in [4.78, 5) is 0. The van der Waals surface area contributed by atoms with E-state index in [4.69, 9.17) is 0 Å². The standard InChI is InChI=1S/C17H26BrN/c1-12-9-10-14(18)16(11-12)19-15-8-6-5-7-13(15)17(2,3)4/h9-11,13,15,19H,5-8H2,1-4H3. The molecule has 1 aliphatic rings. The van der Waals surface area contributed by atoms with E-state index in [0.717, 1.165) is 5.92 Å². The van der Waals surface area contributed by atoms with E-state index in [-0.39, 0.29) is 0 Å². The second kappa shape index (κ2) is 5.87. The van der Waals surface area contributed by atoms with Crippen LogP contribution in [0.25, 0.3) is 0 Å². The number of halogens is 1. The van der Waals surface area contributed by atoms with Gasteiger partial charge in [-0.1, -0.05) is 39.7 Å². The molecular weight excluding hydrogens is 298 g/mol. The predicted molar refractivity (Wildman–Crippen MR) is 87.7 cm³/mol. The SMILES string of the molecule is Cc1ccc(Br)c(NC2CCCCC2C(C)(C)C)c1. The minimum absolute atomic E-state index is 0.383. The first-order chi connectivity index (χ1) is 8.88. The third kappa shape index (κ3) is 3.75. The van der Waals surface area contributed by atoms with Crippen LogP contribution in [0, 0.1) is 18.3 Å². The smallest absolute Gasteiger partial charge is 0.0489 e. The molecule has 2 atom stereocenters. The molecule has 1 saturated carbocycles. The van der Waals surface area contributed by atoms with Crippen LogP contribution in [0.2, 0.25) is 0 Å². The molecule has 19 heavy (non-hydrogen) atoms. The van der Waals surface area contributed by atoms with Crippen molar-refractivity contribution < 1.29 is 0 Å². The van der Waals surface area contributed by atoms with Crippen LogP contribution in [-0.2, 0) is 0 Å². The fourth-order valence-electron chi connectivity index (χ4n) is 3.29. The summed E-state index contributed by atoms with van der Waals surface area (Å²) in [5.41, 5.74) is 2.95. The Morgan fingerprint density at radius 3 is 2.53 bits per heavy atom. The van der Waals surface area contributed by atoms with Crippen molar-refractivity contribution in [1.82, 2.24) is 0 Å². The van der Waals surface area contributed by atoms with Crippen LogP contribution < -0.4 is 5.32 Å². The summed E-state index contributed by atoms with van der Waals surface area (Å²) in [5, 5.41) is 3.80. The fourth-order valence-corrected chi connectivity index (χ4v) is 3.65. The van der Waals surface area contributed by atoms with Gasteiger partial charge in [0.1, 0.15) is 0 Å². The van der Waals surface area contributed by atoms with E-state index < -0.39 is 0 Å². The second-order valence-corrected chi connectivity index (χ2v) is 7.85. The highest BCUT2D eigenvalue weighted by molar-refractivity contribution is 9.10. The number of aryl methyl sites for hydroxylation is 1. The Morgan fingerprint density at radius 2 is 1.84 bits per heavy atom. The Balaban J connectivity index is 2.17. The number of benzene rings is 1. The van der Waals surface area contributed by atoms with Crippen LogP contribution in [0.3, 0.4) is 0 Å². The highest BCUT2D eigenvalue weighted by Gasteiger charge is 2.34. The Bertz CT molecular complexity index is 433. The van der Waals surface area contributed by atoms with E-state index in [1.165, 1.54) is 41.4 Å². The molecule has 2 unspecified atom stereocenters. The van der Waals surface area contributed by atoms with E-state index in [2.05, 4.69) is 67.1 Å². The lowest BCUT2D eigenvalue weighted by atomic mass is 9.69. The summed E-state index contributed by atoms with van der Waals surface area (Å²) in [7, 11) is 0. The zero-order valence-electron chi connectivity index (χ0n) is 12.6. The highest BCUT2D eigenvalue weighted by Crippen LogP contribution is 2.40. The lowest BCUT2D eigenvalue weighted by Crippen LogP contribution is -2.39. The van der Waals surface area contributed by atoms with E-state index in [9.17, 15) is 0 Å². The monoisotopic (exact) mass is 323 g/mol. The second-order valence-electron chi connectivity index (χ2n) is 6.99. The van der Waals surface area contributed by atoms with Crippen LogP contribution in [0.4, 0.5) is 5.69 Å². The van der Waals surface area contributed by atoms with Crippen LogP contribution in [0.5, 0.6) is 0 Å². The van der Waals surface area contributed by atoms with Gasteiger partial charge in [0.2, 0.25) is 0 Å². The van der Waals surface area contributed by atoms with Crippen molar-refractivity contribution in [3.63, 3.8) is 0 Å². The van der Waals surface area contributed by atoms with Gasteiger partial charge in [-0.25, -0.2) is 0 Å². The Labute approximate surface area is 126 Å². The molecule has 106 valence electrons. The van der Waals surface area contributed by atoms with E-state index in [0.29, 0.717) is 11.5 Å². The molecule has 0 saturated heterocycles. The Morgan fingerprint density at radius 1 is 1.16 bits per heavy atom. The summed E-state index contributed by atoms with van der Waals surface area (Å²) < 4.78 is 1.18. The third-order valence-corrected chi connectivity index (χ3v) is 5.03. The van der Waals surface area contributed by atoms with Crippen molar-refractivity contribution in [2.75, 3.05) is 5.32 Å². The number of nitrogens with one attached hydrogen (secondary N) is 1.